The van der Waals surface area contributed by atoms with Crippen LogP contribution in [0.25, 0.3) is 0 Å². The van der Waals surface area contributed by atoms with E-state index < -0.39 is 6.10 Å². The van der Waals surface area contributed by atoms with E-state index in [9.17, 15) is 9.59 Å². The Morgan fingerprint density at radius 2 is 1.96 bits per heavy atom. The van der Waals surface area contributed by atoms with Gasteiger partial charge in [-0.05, 0) is 26.0 Å². The summed E-state index contributed by atoms with van der Waals surface area (Å²) in [6.07, 6.45) is -0.600. The Kier molecular flexibility index (Phi) is 5.43. The smallest absolute Gasteiger partial charge is 0.278 e. The monoisotopic (exact) mass is 348 g/mol. The maximum atomic E-state index is 12.7. The summed E-state index contributed by atoms with van der Waals surface area (Å²) in [5.74, 6) is 1.31. The number of nitrogens with zero attached hydrogens (tertiary/aromatic N) is 1. The average Bonchev–Trinajstić information content (AvgIpc) is 2.66. The van der Waals surface area contributed by atoms with Gasteiger partial charge in [0.25, 0.3) is 11.8 Å². The van der Waals surface area contributed by atoms with E-state index in [1.807, 2.05) is 43.0 Å². The fourth-order valence-electron chi connectivity index (χ4n) is 3.30. The van der Waals surface area contributed by atoms with Gasteiger partial charge in [0.1, 0.15) is 6.61 Å². The number of para-hydroxylation sites is 2. The van der Waals surface area contributed by atoms with Crippen molar-refractivity contribution in [1.82, 2.24) is 10.2 Å². The quantitative estimate of drug-likeness (QED) is 0.738. The Morgan fingerprint density at radius 1 is 1.28 bits per heavy atom. The topological polar surface area (TPSA) is 72.3 Å². The number of hydrogen-bond acceptors (Lipinski definition) is 4. The van der Waals surface area contributed by atoms with Gasteiger partial charge in [0.15, 0.2) is 17.5 Å². The van der Waals surface area contributed by atoms with Crippen molar-refractivity contribution in [1.29, 1.82) is 0 Å². The Hall–Kier alpha value is -2.28. The first-order valence-corrected chi connectivity index (χ1v) is 8.89. The summed E-state index contributed by atoms with van der Waals surface area (Å²) in [5, 5.41) is 2.86. The van der Waals surface area contributed by atoms with Crippen LogP contribution in [0.1, 0.15) is 13.8 Å². The number of ether oxygens (including phenoxy) is 2. The summed E-state index contributed by atoms with van der Waals surface area (Å²) in [7, 11) is 0. The highest BCUT2D eigenvalue weighted by Gasteiger charge is 2.35. The van der Waals surface area contributed by atoms with Crippen molar-refractivity contribution < 1.29 is 24.0 Å². The van der Waals surface area contributed by atoms with E-state index in [1.54, 1.807) is 0 Å². The normalized spacial score (nSPS) is 21.5. The SMILES string of the molecule is CCNC(=O)[C@H](C)[NH+]1CCN(C(=O)[C@H]2COc3ccccc3O2)CC1. The van der Waals surface area contributed by atoms with Crippen molar-refractivity contribution in [3.05, 3.63) is 24.3 Å². The number of nitrogens with one attached hydrogen (secondary N) is 2. The molecule has 2 amide bonds. The lowest BCUT2D eigenvalue weighted by molar-refractivity contribution is -0.918. The molecule has 136 valence electrons. The third-order valence-electron chi connectivity index (χ3n) is 4.86. The van der Waals surface area contributed by atoms with Crippen molar-refractivity contribution >= 4 is 11.8 Å². The number of likely N-dealkylation sites (N-methyl/N-ethyl adjacent to an activating group) is 1. The Labute approximate surface area is 147 Å². The van der Waals surface area contributed by atoms with Crippen LogP contribution in [0.5, 0.6) is 11.5 Å². The van der Waals surface area contributed by atoms with Crippen LogP contribution in [0.2, 0.25) is 0 Å². The molecule has 0 radical (unpaired) electrons. The largest absolute Gasteiger partial charge is 0.485 e. The van der Waals surface area contributed by atoms with E-state index in [1.165, 1.54) is 4.90 Å². The van der Waals surface area contributed by atoms with Crippen LogP contribution in [-0.4, -0.2) is 68.2 Å². The second-order valence-electron chi connectivity index (χ2n) is 6.46. The highest BCUT2D eigenvalue weighted by atomic mass is 16.6. The molecule has 0 spiro atoms. The molecule has 25 heavy (non-hydrogen) atoms. The van der Waals surface area contributed by atoms with Gasteiger partial charge in [-0.2, -0.15) is 0 Å². The number of benzene rings is 1. The predicted molar refractivity (Wildman–Crippen MR) is 91.8 cm³/mol. The molecule has 1 aromatic carbocycles. The molecule has 2 N–H and O–H groups in total. The van der Waals surface area contributed by atoms with Crippen molar-refractivity contribution in [3.63, 3.8) is 0 Å². The Morgan fingerprint density at radius 3 is 2.64 bits per heavy atom. The van der Waals surface area contributed by atoms with Gasteiger partial charge >= 0.3 is 0 Å². The third kappa shape index (κ3) is 3.87. The van der Waals surface area contributed by atoms with Gasteiger partial charge in [0, 0.05) is 6.54 Å². The van der Waals surface area contributed by atoms with Crippen LogP contribution < -0.4 is 19.7 Å². The van der Waals surface area contributed by atoms with Crippen LogP contribution in [0.15, 0.2) is 24.3 Å². The van der Waals surface area contributed by atoms with Gasteiger partial charge in [-0.15, -0.1) is 0 Å². The minimum absolute atomic E-state index is 0.0424. The van der Waals surface area contributed by atoms with E-state index in [4.69, 9.17) is 9.47 Å². The van der Waals surface area contributed by atoms with E-state index in [0.29, 0.717) is 31.1 Å². The molecule has 2 heterocycles. The molecule has 1 aromatic rings. The van der Waals surface area contributed by atoms with E-state index in [2.05, 4.69) is 5.32 Å². The first kappa shape index (κ1) is 17.5. The van der Waals surface area contributed by atoms with Crippen LogP contribution in [-0.2, 0) is 9.59 Å². The minimum atomic E-state index is -0.600. The minimum Gasteiger partial charge on any atom is -0.485 e. The van der Waals surface area contributed by atoms with Crippen LogP contribution in [0.3, 0.4) is 0 Å². The zero-order valence-electron chi connectivity index (χ0n) is 14.8. The lowest BCUT2D eigenvalue weighted by Gasteiger charge is -2.36. The van der Waals surface area contributed by atoms with Gasteiger partial charge < -0.3 is 24.6 Å². The molecule has 0 aromatic heterocycles. The first-order chi connectivity index (χ1) is 12.1. The molecule has 3 rings (SSSR count). The predicted octanol–water partition coefficient (Wildman–Crippen LogP) is -0.922. The van der Waals surface area contributed by atoms with E-state index in [-0.39, 0.29) is 24.5 Å². The number of piperazine rings is 1. The maximum Gasteiger partial charge on any atom is 0.278 e. The number of hydrogen-bond donors (Lipinski definition) is 2. The summed E-state index contributed by atoms with van der Waals surface area (Å²) >= 11 is 0. The highest BCUT2D eigenvalue weighted by Crippen LogP contribution is 2.31. The molecule has 1 saturated heterocycles. The average molecular weight is 348 g/mol. The number of rotatable bonds is 4. The summed E-state index contributed by atoms with van der Waals surface area (Å²) in [6.45, 7) is 7.49. The second kappa shape index (κ2) is 7.74. The molecule has 2 aliphatic heterocycles. The molecule has 7 heteroatoms. The van der Waals surface area contributed by atoms with Gasteiger partial charge in [-0.1, -0.05) is 12.1 Å². The Bertz CT molecular complexity index is 629. The number of fused-ring (bicyclic) bond motifs is 1. The lowest BCUT2D eigenvalue weighted by atomic mass is 10.2. The third-order valence-corrected chi connectivity index (χ3v) is 4.86. The number of carbonyl (C=O) groups excluding carboxylic acids is 2. The van der Waals surface area contributed by atoms with Crippen LogP contribution >= 0.6 is 0 Å². The first-order valence-electron chi connectivity index (χ1n) is 8.89. The lowest BCUT2D eigenvalue weighted by Crippen LogP contribution is -3.19. The second-order valence-corrected chi connectivity index (χ2v) is 6.46. The molecule has 2 atom stereocenters. The number of amides is 2. The Balaban J connectivity index is 1.53. The van der Waals surface area contributed by atoms with Gasteiger partial charge in [0.2, 0.25) is 6.10 Å². The zero-order valence-corrected chi connectivity index (χ0v) is 14.8. The summed E-state index contributed by atoms with van der Waals surface area (Å²) in [6, 6.07) is 7.28. The molecular formula is C18H26N3O4+. The van der Waals surface area contributed by atoms with E-state index >= 15 is 0 Å². The van der Waals surface area contributed by atoms with E-state index in [0.717, 1.165) is 13.1 Å². The van der Waals surface area contributed by atoms with Crippen molar-refractivity contribution in [2.24, 2.45) is 0 Å². The fraction of sp³-hybridized carbons (Fsp3) is 0.556. The van der Waals surface area contributed by atoms with Crippen LogP contribution in [0, 0.1) is 0 Å². The summed E-state index contributed by atoms with van der Waals surface area (Å²) in [5.41, 5.74) is 0. The molecule has 0 unspecified atom stereocenters. The summed E-state index contributed by atoms with van der Waals surface area (Å²) in [4.78, 5) is 27.7. The zero-order chi connectivity index (χ0) is 17.8. The molecule has 2 aliphatic rings. The molecular weight excluding hydrogens is 322 g/mol. The van der Waals surface area contributed by atoms with Gasteiger partial charge in [-0.3, -0.25) is 9.59 Å². The molecule has 7 nitrogen and oxygen atoms in total. The van der Waals surface area contributed by atoms with Crippen molar-refractivity contribution in [2.45, 2.75) is 26.0 Å². The fourth-order valence-corrected chi connectivity index (χ4v) is 3.30. The number of quaternary nitrogens is 1. The van der Waals surface area contributed by atoms with Crippen molar-refractivity contribution in [3.8, 4) is 11.5 Å². The molecule has 0 aliphatic carbocycles. The van der Waals surface area contributed by atoms with Gasteiger partial charge in [0.05, 0.1) is 26.2 Å². The molecule has 0 bridgehead atoms. The molecule has 1 fully saturated rings. The van der Waals surface area contributed by atoms with Gasteiger partial charge in [-0.25, -0.2) is 0 Å². The standard InChI is InChI=1S/C18H25N3O4/c1-3-19-17(22)13(2)20-8-10-21(11-9-20)18(23)16-12-24-14-6-4-5-7-15(14)25-16/h4-7,13,16H,3,8-12H2,1-2H3,(H,19,22)/p+1/t13-,16+/m0/s1. The van der Waals surface area contributed by atoms with Crippen LogP contribution in [0.4, 0.5) is 0 Å². The van der Waals surface area contributed by atoms with Crippen molar-refractivity contribution in [2.75, 3.05) is 39.3 Å². The number of carbonyl (C=O) groups is 2. The highest BCUT2D eigenvalue weighted by molar-refractivity contribution is 5.82. The maximum absolute atomic E-state index is 12.7. The molecule has 0 saturated carbocycles. The summed E-state index contributed by atoms with van der Waals surface area (Å²) < 4.78 is 11.4.